The number of hydrogen-bond donors (Lipinski definition) is 1. The molecule has 1 aliphatic rings. The van der Waals surface area contributed by atoms with Crippen LogP contribution in [0.25, 0.3) is 21.9 Å². The summed E-state index contributed by atoms with van der Waals surface area (Å²) < 4.78 is 0. The van der Waals surface area contributed by atoms with Gasteiger partial charge in [0.05, 0.1) is 0 Å². The van der Waals surface area contributed by atoms with Gasteiger partial charge in [-0.2, -0.15) is 0 Å². The standard InChI is InChI=1S/C19H16O/c1-12-6-8-16-14(10-12)11-18(20)17-9-7-13-4-2-3-5-15(13)19(16)17/h2-6,8,10-11,20H,7,9H2,1H3. The maximum atomic E-state index is 10.4. The molecule has 1 aliphatic carbocycles. The highest BCUT2D eigenvalue weighted by atomic mass is 16.3. The summed E-state index contributed by atoms with van der Waals surface area (Å²) in [6.07, 6.45) is 1.93. The van der Waals surface area contributed by atoms with Crippen LogP contribution in [0.5, 0.6) is 5.75 Å². The predicted octanol–water partition coefficient (Wildman–Crippen LogP) is 4.62. The van der Waals surface area contributed by atoms with Gasteiger partial charge in [-0.3, -0.25) is 0 Å². The summed E-state index contributed by atoms with van der Waals surface area (Å²) in [5.41, 5.74) is 6.20. The van der Waals surface area contributed by atoms with Crippen molar-refractivity contribution in [2.45, 2.75) is 19.8 Å². The number of phenolic OH excluding ortho intramolecular Hbond substituents is 1. The zero-order valence-electron chi connectivity index (χ0n) is 11.5. The SMILES string of the molecule is Cc1ccc2c3c(c(O)cc2c1)CCc1ccccc1-3. The maximum absolute atomic E-state index is 10.4. The normalized spacial score (nSPS) is 13.1. The third-order valence-corrected chi connectivity index (χ3v) is 4.31. The minimum Gasteiger partial charge on any atom is -0.508 e. The van der Waals surface area contributed by atoms with Crippen LogP contribution >= 0.6 is 0 Å². The number of fused-ring (bicyclic) bond motifs is 5. The summed E-state index contributed by atoms with van der Waals surface area (Å²) in [4.78, 5) is 0. The van der Waals surface area contributed by atoms with Crippen molar-refractivity contribution in [3.8, 4) is 16.9 Å². The first-order valence-electron chi connectivity index (χ1n) is 7.07. The average molecular weight is 260 g/mol. The Morgan fingerprint density at radius 3 is 2.70 bits per heavy atom. The van der Waals surface area contributed by atoms with E-state index in [1.54, 1.807) is 0 Å². The number of benzene rings is 3. The average Bonchev–Trinajstić information content (AvgIpc) is 2.46. The Kier molecular flexibility index (Phi) is 2.37. The van der Waals surface area contributed by atoms with E-state index in [1.807, 2.05) is 6.07 Å². The summed E-state index contributed by atoms with van der Waals surface area (Å²) >= 11 is 0. The lowest BCUT2D eigenvalue weighted by Gasteiger charge is -2.23. The molecule has 0 atom stereocenters. The van der Waals surface area contributed by atoms with Crippen molar-refractivity contribution >= 4 is 10.8 Å². The largest absolute Gasteiger partial charge is 0.508 e. The minimum absolute atomic E-state index is 0.438. The molecule has 20 heavy (non-hydrogen) atoms. The predicted molar refractivity (Wildman–Crippen MR) is 83.2 cm³/mol. The van der Waals surface area contributed by atoms with Crippen LogP contribution in [0, 0.1) is 6.92 Å². The molecule has 0 saturated heterocycles. The molecule has 1 N–H and O–H groups in total. The molecule has 0 unspecified atom stereocenters. The van der Waals surface area contributed by atoms with Crippen LogP contribution in [0.1, 0.15) is 16.7 Å². The topological polar surface area (TPSA) is 20.2 Å². The fraction of sp³-hybridized carbons (Fsp3) is 0.158. The highest BCUT2D eigenvalue weighted by Crippen LogP contribution is 2.42. The van der Waals surface area contributed by atoms with Crippen LogP contribution in [0.15, 0.2) is 48.5 Å². The van der Waals surface area contributed by atoms with Gasteiger partial charge in [0.1, 0.15) is 5.75 Å². The van der Waals surface area contributed by atoms with E-state index in [1.165, 1.54) is 27.6 Å². The van der Waals surface area contributed by atoms with E-state index in [4.69, 9.17) is 0 Å². The number of hydrogen-bond acceptors (Lipinski definition) is 1. The van der Waals surface area contributed by atoms with Crippen LogP contribution in [-0.4, -0.2) is 5.11 Å². The third kappa shape index (κ3) is 1.56. The summed E-state index contributed by atoms with van der Waals surface area (Å²) in [5, 5.41) is 12.7. The molecule has 0 saturated carbocycles. The molecule has 0 radical (unpaired) electrons. The van der Waals surface area contributed by atoms with Gasteiger partial charge in [-0.1, -0.05) is 48.0 Å². The monoisotopic (exact) mass is 260 g/mol. The van der Waals surface area contributed by atoms with E-state index in [0.717, 1.165) is 23.8 Å². The van der Waals surface area contributed by atoms with Crippen molar-refractivity contribution in [3.63, 3.8) is 0 Å². The quantitative estimate of drug-likeness (QED) is 0.625. The van der Waals surface area contributed by atoms with Gasteiger partial charge in [0.25, 0.3) is 0 Å². The Balaban J connectivity index is 2.16. The molecule has 1 nitrogen and oxygen atoms in total. The maximum Gasteiger partial charge on any atom is 0.120 e. The fourth-order valence-corrected chi connectivity index (χ4v) is 3.36. The second-order valence-corrected chi connectivity index (χ2v) is 5.63. The van der Waals surface area contributed by atoms with E-state index in [-0.39, 0.29) is 0 Å². The Hall–Kier alpha value is -2.28. The van der Waals surface area contributed by atoms with Crippen molar-refractivity contribution in [2.24, 2.45) is 0 Å². The van der Waals surface area contributed by atoms with Gasteiger partial charge in [-0.15, -0.1) is 0 Å². The van der Waals surface area contributed by atoms with Gasteiger partial charge in [0.2, 0.25) is 0 Å². The minimum atomic E-state index is 0.438. The first-order chi connectivity index (χ1) is 9.74. The highest BCUT2D eigenvalue weighted by molar-refractivity contribution is 6.01. The molecule has 0 fully saturated rings. The van der Waals surface area contributed by atoms with Gasteiger partial charge in [0, 0.05) is 5.56 Å². The first kappa shape index (κ1) is 11.5. The molecule has 4 rings (SSSR count). The molecule has 0 aromatic heterocycles. The third-order valence-electron chi connectivity index (χ3n) is 4.31. The zero-order valence-corrected chi connectivity index (χ0v) is 11.5. The van der Waals surface area contributed by atoms with Gasteiger partial charge < -0.3 is 5.11 Å². The van der Waals surface area contributed by atoms with E-state index >= 15 is 0 Å². The van der Waals surface area contributed by atoms with Crippen LogP contribution in [0.4, 0.5) is 0 Å². The lowest BCUT2D eigenvalue weighted by atomic mass is 9.82. The molecule has 0 aliphatic heterocycles. The molecular weight excluding hydrogens is 244 g/mol. The summed E-state index contributed by atoms with van der Waals surface area (Å²) in [7, 11) is 0. The Morgan fingerprint density at radius 2 is 1.80 bits per heavy atom. The van der Waals surface area contributed by atoms with Crippen molar-refractivity contribution in [3.05, 3.63) is 65.2 Å². The summed E-state index contributed by atoms with van der Waals surface area (Å²) in [6, 6.07) is 16.9. The van der Waals surface area contributed by atoms with Crippen molar-refractivity contribution in [1.29, 1.82) is 0 Å². The van der Waals surface area contributed by atoms with E-state index in [9.17, 15) is 5.11 Å². The van der Waals surface area contributed by atoms with Crippen LogP contribution in [0.2, 0.25) is 0 Å². The van der Waals surface area contributed by atoms with E-state index in [0.29, 0.717) is 5.75 Å². The molecule has 0 heterocycles. The molecule has 3 aromatic carbocycles. The molecule has 0 bridgehead atoms. The lowest BCUT2D eigenvalue weighted by molar-refractivity contribution is 0.469. The van der Waals surface area contributed by atoms with Gasteiger partial charge in [0.15, 0.2) is 0 Å². The van der Waals surface area contributed by atoms with Gasteiger partial charge >= 0.3 is 0 Å². The van der Waals surface area contributed by atoms with Crippen LogP contribution in [0.3, 0.4) is 0 Å². The summed E-state index contributed by atoms with van der Waals surface area (Å²) in [5.74, 6) is 0.438. The molecular formula is C19H16O. The molecule has 98 valence electrons. The number of phenols is 1. The van der Waals surface area contributed by atoms with Crippen LogP contribution < -0.4 is 0 Å². The molecule has 0 spiro atoms. The summed E-state index contributed by atoms with van der Waals surface area (Å²) in [6.45, 7) is 2.09. The second-order valence-electron chi connectivity index (χ2n) is 5.63. The Morgan fingerprint density at radius 1 is 0.950 bits per heavy atom. The number of rotatable bonds is 0. The van der Waals surface area contributed by atoms with Gasteiger partial charge in [-0.05, 0) is 53.3 Å². The highest BCUT2D eigenvalue weighted by Gasteiger charge is 2.21. The van der Waals surface area contributed by atoms with E-state index < -0.39 is 0 Å². The van der Waals surface area contributed by atoms with Crippen molar-refractivity contribution < 1.29 is 5.11 Å². The lowest BCUT2D eigenvalue weighted by Crippen LogP contribution is -2.04. The zero-order chi connectivity index (χ0) is 13.7. The van der Waals surface area contributed by atoms with E-state index in [2.05, 4.69) is 49.4 Å². The first-order valence-corrected chi connectivity index (χ1v) is 7.07. The van der Waals surface area contributed by atoms with Crippen LogP contribution in [-0.2, 0) is 12.8 Å². The Bertz CT molecular complexity index is 831. The number of aryl methyl sites for hydroxylation is 2. The molecule has 1 heteroatoms. The van der Waals surface area contributed by atoms with Crippen molar-refractivity contribution in [2.75, 3.05) is 0 Å². The molecule has 0 amide bonds. The van der Waals surface area contributed by atoms with Gasteiger partial charge in [-0.25, -0.2) is 0 Å². The second kappa shape index (κ2) is 4.11. The number of aromatic hydroxyl groups is 1. The smallest absolute Gasteiger partial charge is 0.120 e. The fourth-order valence-electron chi connectivity index (χ4n) is 3.36. The van der Waals surface area contributed by atoms with Crippen molar-refractivity contribution in [1.82, 2.24) is 0 Å². The Labute approximate surface area is 118 Å². The molecule has 3 aromatic rings.